The number of pyridine rings is 1. The zero-order valence-electron chi connectivity index (χ0n) is 19.4. The van der Waals surface area contributed by atoms with E-state index in [0.717, 1.165) is 50.6 Å². The van der Waals surface area contributed by atoms with Crippen LogP contribution in [0.1, 0.15) is 21.5 Å². The van der Waals surface area contributed by atoms with Crippen LogP contribution in [0.5, 0.6) is 5.75 Å². The molecule has 0 bridgehead atoms. The van der Waals surface area contributed by atoms with Gasteiger partial charge in [0.1, 0.15) is 11.4 Å². The summed E-state index contributed by atoms with van der Waals surface area (Å²) in [6.07, 6.45) is 5.83. The lowest BCUT2D eigenvalue weighted by atomic mass is 9.92. The van der Waals surface area contributed by atoms with E-state index in [1.54, 1.807) is 19.2 Å². The molecule has 6 heteroatoms. The number of aliphatic imine (C=N–C) groups is 1. The van der Waals surface area contributed by atoms with E-state index in [0.29, 0.717) is 5.56 Å². The first kappa shape index (κ1) is 21.6. The van der Waals surface area contributed by atoms with Crippen molar-refractivity contribution < 1.29 is 14.6 Å². The Balaban J connectivity index is 1.29. The van der Waals surface area contributed by atoms with Crippen LogP contribution in [0.15, 0.2) is 109 Å². The minimum atomic E-state index is -0.938. The third-order valence-corrected chi connectivity index (χ3v) is 6.41. The number of allylic oxidation sites excluding steroid dienone is 1. The first-order valence-electron chi connectivity index (χ1n) is 11.5. The van der Waals surface area contributed by atoms with Crippen molar-refractivity contribution in [3.8, 4) is 28.1 Å². The molecule has 0 saturated carbocycles. The second kappa shape index (κ2) is 8.67. The van der Waals surface area contributed by atoms with Gasteiger partial charge in [0.05, 0.1) is 30.3 Å². The standard InChI is InChI=1S/C30H21N3O3/c1-36-23-13-10-20(11-14-23)27-17-31-28-15-12-22(18-33(27)28)26-16-32-29(26)21-8-6-19(7-9-21)24-4-2-3-5-25(24)30(34)35/h2-18H,1H3,(H,34,35). The fourth-order valence-electron chi connectivity index (χ4n) is 4.48. The highest BCUT2D eigenvalue weighted by molar-refractivity contribution is 6.35. The van der Waals surface area contributed by atoms with Gasteiger partial charge >= 0.3 is 5.97 Å². The van der Waals surface area contributed by atoms with Crippen molar-refractivity contribution in [3.05, 3.63) is 120 Å². The molecule has 0 saturated heterocycles. The van der Waals surface area contributed by atoms with Crippen LogP contribution in [-0.4, -0.2) is 33.3 Å². The molecule has 0 radical (unpaired) electrons. The zero-order chi connectivity index (χ0) is 24.6. The third-order valence-electron chi connectivity index (χ3n) is 6.41. The number of hydrogen-bond donors (Lipinski definition) is 1. The minimum Gasteiger partial charge on any atom is -0.497 e. The molecule has 0 atom stereocenters. The minimum absolute atomic E-state index is 0.285. The van der Waals surface area contributed by atoms with Crippen molar-refractivity contribution in [2.24, 2.45) is 4.99 Å². The Morgan fingerprint density at radius 1 is 0.833 bits per heavy atom. The van der Waals surface area contributed by atoms with Gasteiger partial charge < -0.3 is 9.84 Å². The predicted molar refractivity (Wildman–Crippen MR) is 141 cm³/mol. The van der Waals surface area contributed by atoms with Gasteiger partial charge in [-0.25, -0.2) is 9.78 Å². The van der Waals surface area contributed by atoms with Crippen LogP contribution in [0.2, 0.25) is 0 Å². The number of benzene rings is 3. The van der Waals surface area contributed by atoms with Gasteiger partial charge in [0.25, 0.3) is 0 Å². The number of aromatic carboxylic acids is 1. The normalized spacial score (nSPS) is 12.6. The van der Waals surface area contributed by atoms with E-state index in [1.165, 1.54) is 0 Å². The molecule has 3 aromatic carbocycles. The molecule has 6 rings (SSSR count). The lowest BCUT2D eigenvalue weighted by molar-refractivity contribution is 0.0697. The van der Waals surface area contributed by atoms with Gasteiger partial charge in [-0.1, -0.05) is 42.5 Å². The molecule has 0 spiro atoms. The van der Waals surface area contributed by atoms with Gasteiger partial charge in [-0.15, -0.1) is 0 Å². The number of carboxylic acid groups (broad SMARTS) is 1. The van der Waals surface area contributed by atoms with Crippen LogP contribution in [0, 0.1) is 0 Å². The van der Waals surface area contributed by atoms with E-state index in [-0.39, 0.29) is 5.56 Å². The fourth-order valence-corrected chi connectivity index (χ4v) is 4.48. The molecule has 0 unspecified atom stereocenters. The quantitative estimate of drug-likeness (QED) is 0.319. The Labute approximate surface area is 207 Å². The lowest BCUT2D eigenvalue weighted by Crippen LogP contribution is -2.11. The Hall–Kier alpha value is -4.97. The molecule has 1 aliphatic heterocycles. The van der Waals surface area contributed by atoms with Crippen LogP contribution >= 0.6 is 0 Å². The summed E-state index contributed by atoms with van der Waals surface area (Å²) in [6.45, 7) is 0. The summed E-state index contributed by atoms with van der Waals surface area (Å²) < 4.78 is 7.36. The molecule has 36 heavy (non-hydrogen) atoms. The number of methoxy groups -OCH3 is 1. The fraction of sp³-hybridized carbons (Fsp3) is 0.0333. The maximum absolute atomic E-state index is 11.6. The lowest BCUT2D eigenvalue weighted by Gasteiger charge is -2.18. The maximum atomic E-state index is 11.6. The second-order valence-corrected chi connectivity index (χ2v) is 8.47. The first-order valence-corrected chi connectivity index (χ1v) is 11.5. The van der Waals surface area contributed by atoms with Crippen LogP contribution < -0.4 is 4.74 Å². The predicted octanol–water partition coefficient (Wildman–Crippen LogP) is 6.22. The number of ether oxygens (including phenoxy) is 1. The zero-order valence-corrected chi connectivity index (χ0v) is 19.4. The SMILES string of the molecule is COc1ccc(-c2cnc3ccc(C4=CN=C4c4ccc(-c5ccccc5C(=O)O)cc4)cn23)cc1. The van der Waals surface area contributed by atoms with E-state index in [9.17, 15) is 9.90 Å². The number of rotatable bonds is 6. The largest absolute Gasteiger partial charge is 0.497 e. The molecular weight excluding hydrogens is 450 g/mol. The molecule has 3 heterocycles. The van der Waals surface area contributed by atoms with Crippen LogP contribution in [0.3, 0.4) is 0 Å². The first-order chi connectivity index (χ1) is 17.6. The van der Waals surface area contributed by atoms with Gasteiger partial charge in [-0.3, -0.25) is 9.39 Å². The average molecular weight is 472 g/mol. The third kappa shape index (κ3) is 3.65. The number of nitrogens with zero attached hydrogens (tertiary/aromatic N) is 3. The van der Waals surface area contributed by atoms with E-state index in [2.05, 4.69) is 26.6 Å². The summed E-state index contributed by atoms with van der Waals surface area (Å²) in [7, 11) is 1.66. The average Bonchev–Trinajstić information content (AvgIpc) is 3.32. The molecule has 5 aromatic rings. The summed E-state index contributed by atoms with van der Waals surface area (Å²) in [5.74, 6) is -0.127. The molecule has 0 amide bonds. The highest BCUT2D eigenvalue weighted by Crippen LogP contribution is 2.31. The van der Waals surface area contributed by atoms with Gasteiger partial charge in [0.15, 0.2) is 0 Å². The van der Waals surface area contributed by atoms with Gasteiger partial charge in [0, 0.05) is 34.7 Å². The molecule has 0 fully saturated rings. The molecular formula is C30H21N3O3. The van der Waals surface area contributed by atoms with Crippen LogP contribution in [0.4, 0.5) is 0 Å². The van der Waals surface area contributed by atoms with Crippen molar-refractivity contribution in [1.82, 2.24) is 9.38 Å². The number of carboxylic acids is 1. The summed E-state index contributed by atoms with van der Waals surface area (Å²) in [6, 6.07) is 26.9. The Bertz CT molecular complexity index is 1680. The maximum Gasteiger partial charge on any atom is 0.336 e. The topological polar surface area (TPSA) is 76.2 Å². The summed E-state index contributed by atoms with van der Waals surface area (Å²) >= 11 is 0. The second-order valence-electron chi connectivity index (χ2n) is 8.47. The molecule has 1 aliphatic rings. The van der Waals surface area contributed by atoms with E-state index >= 15 is 0 Å². The molecule has 0 aliphatic carbocycles. The number of carbonyl (C=O) groups is 1. The Morgan fingerprint density at radius 3 is 2.22 bits per heavy atom. The number of imidazole rings is 1. The number of aromatic nitrogens is 2. The highest BCUT2D eigenvalue weighted by Gasteiger charge is 2.20. The van der Waals surface area contributed by atoms with Crippen molar-refractivity contribution in [2.75, 3.05) is 7.11 Å². The summed E-state index contributed by atoms with van der Waals surface area (Å²) in [5.41, 5.74) is 8.71. The van der Waals surface area contributed by atoms with Gasteiger partial charge in [-0.2, -0.15) is 0 Å². The van der Waals surface area contributed by atoms with Crippen molar-refractivity contribution in [2.45, 2.75) is 0 Å². The number of hydrogen-bond acceptors (Lipinski definition) is 4. The van der Waals surface area contributed by atoms with Crippen molar-refractivity contribution >= 4 is 22.9 Å². The van der Waals surface area contributed by atoms with Crippen LogP contribution in [-0.2, 0) is 0 Å². The molecule has 174 valence electrons. The molecule has 1 N–H and O–H groups in total. The highest BCUT2D eigenvalue weighted by atomic mass is 16.5. The smallest absolute Gasteiger partial charge is 0.336 e. The van der Waals surface area contributed by atoms with E-state index in [4.69, 9.17) is 4.74 Å². The monoisotopic (exact) mass is 471 g/mol. The summed E-state index contributed by atoms with van der Waals surface area (Å²) in [5, 5.41) is 9.51. The van der Waals surface area contributed by atoms with Crippen molar-refractivity contribution in [3.63, 3.8) is 0 Å². The Kier molecular flexibility index (Phi) is 5.19. The molecule has 6 nitrogen and oxygen atoms in total. The van der Waals surface area contributed by atoms with Crippen molar-refractivity contribution in [1.29, 1.82) is 0 Å². The van der Waals surface area contributed by atoms with Gasteiger partial charge in [-0.05, 0) is 53.6 Å². The molecule has 2 aromatic heterocycles. The van der Waals surface area contributed by atoms with Gasteiger partial charge in [0.2, 0.25) is 0 Å². The summed E-state index contributed by atoms with van der Waals surface area (Å²) in [4.78, 5) is 20.7. The van der Waals surface area contributed by atoms with E-state index in [1.807, 2.05) is 79.1 Å². The number of fused-ring (bicyclic) bond motifs is 1. The van der Waals surface area contributed by atoms with E-state index < -0.39 is 5.97 Å². The van der Waals surface area contributed by atoms with Crippen LogP contribution in [0.25, 0.3) is 33.6 Å². The Morgan fingerprint density at radius 2 is 1.53 bits per heavy atom.